The molecule has 0 saturated carbocycles. The van der Waals surface area contributed by atoms with Crippen LogP contribution in [0.25, 0.3) is 0 Å². The van der Waals surface area contributed by atoms with Crippen LogP contribution >= 0.6 is 0 Å². The number of carbonyl (C=O) groups excluding carboxylic acids is 2. The summed E-state index contributed by atoms with van der Waals surface area (Å²) in [6.07, 6.45) is 3.45. The third-order valence-electron chi connectivity index (χ3n) is 2.97. The van der Waals surface area contributed by atoms with Crippen molar-refractivity contribution < 1.29 is 14.3 Å². The Morgan fingerprint density at radius 2 is 1.74 bits per heavy atom. The van der Waals surface area contributed by atoms with Gasteiger partial charge in [0.25, 0.3) is 5.91 Å². The van der Waals surface area contributed by atoms with Crippen molar-refractivity contribution in [2.45, 2.75) is 39.5 Å². The van der Waals surface area contributed by atoms with Crippen LogP contribution in [0, 0.1) is 5.92 Å². The molecule has 19 heavy (non-hydrogen) atoms. The van der Waals surface area contributed by atoms with E-state index in [2.05, 4.69) is 0 Å². The van der Waals surface area contributed by atoms with Gasteiger partial charge in [-0.3, -0.25) is 9.59 Å². The first-order chi connectivity index (χ1) is 9.10. The Bertz CT molecular complexity index is 437. The van der Waals surface area contributed by atoms with Gasteiger partial charge in [0.2, 0.25) is 0 Å². The first kappa shape index (κ1) is 15.2. The van der Waals surface area contributed by atoms with E-state index in [0.717, 1.165) is 25.7 Å². The molecule has 1 rings (SSSR count). The fraction of sp³-hybridized carbons (Fsp3) is 0.467. The number of benzene rings is 1. The Morgan fingerprint density at radius 3 is 2.26 bits per heavy atom. The highest BCUT2D eigenvalue weighted by atomic mass is 16.5. The molecule has 2 N–H and O–H groups in total. The summed E-state index contributed by atoms with van der Waals surface area (Å²) in [5.74, 6) is -0.739. The number of para-hydroxylation sites is 1. The van der Waals surface area contributed by atoms with Gasteiger partial charge in [0.1, 0.15) is 5.75 Å². The van der Waals surface area contributed by atoms with Gasteiger partial charge in [0.05, 0.1) is 11.5 Å². The average molecular weight is 263 g/mol. The smallest absolute Gasteiger partial charge is 0.314 e. The van der Waals surface area contributed by atoms with Gasteiger partial charge in [-0.1, -0.05) is 38.8 Å². The highest BCUT2D eigenvalue weighted by molar-refractivity contribution is 5.96. The average Bonchev–Trinajstić information content (AvgIpc) is 2.38. The number of carbonyl (C=O) groups is 2. The molecule has 4 nitrogen and oxygen atoms in total. The lowest BCUT2D eigenvalue weighted by atomic mass is 9.98. The van der Waals surface area contributed by atoms with Crippen molar-refractivity contribution in [1.82, 2.24) is 0 Å². The second-order valence-corrected chi connectivity index (χ2v) is 4.56. The number of hydrogen-bond acceptors (Lipinski definition) is 3. The van der Waals surface area contributed by atoms with Gasteiger partial charge in [-0.25, -0.2) is 0 Å². The molecule has 0 fully saturated rings. The van der Waals surface area contributed by atoms with Crippen LogP contribution in [0.4, 0.5) is 0 Å². The molecular weight excluding hydrogens is 242 g/mol. The van der Waals surface area contributed by atoms with Crippen molar-refractivity contribution in [3.05, 3.63) is 29.8 Å². The van der Waals surface area contributed by atoms with E-state index in [1.54, 1.807) is 24.3 Å². The van der Waals surface area contributed by atoms with Crippen LogP contribution in [0.5, 0.6) is 5.75 Å². The van der Waals surface area contributed by atoms with Crippen molar-refractivity contribution in [1.29, 1.82) is 0 Å². The molecule has 1 aromatic rings. The molecule has 0 aromatic heterocycles. The van der Waals surface area contributed by atoms with Gasteiger partial charge in [0.15, 0.2) is 0 Å². The molecule has 0 aliphatic heterocycles. The van der Waals surface area contributed by atoms with E-state index in [1.807, 2.05) is 13.8 Å². The van der Waals surface area contributed by atoms with Crippen molar-refractivity contribution in [3.63, 3.8) is 0 Å². The molecule has 0 heterocycles. The summed E-state index contributed by atoms with van der Waals surface area (Å²) < 4.78 is 5.33. The maximum absolute atomic E-state index is 12.1. The second kappa shape index (κ2) is 7.56. The van der Waals surface area contributed by atoms with E-state index in [-0.39, 0.29) is 23.2 Å². The van der Waals surface area contributed by atoms with E-state index in [1.165, 1.54) is 0 Å². The predicted molar refractivity (Wildman–Crippen MR) is 73.9 cm³/mol. The fourth-order valence-electron chi connectivity index (χ4n) is 2.03. The highest BCUT2D eigenvalue weighted by Crippen LogP contribution is 2.21. The van der Waals surface area contributed by atoms with Gasteiger partial charge in [-0.05, 0) is 25.0 Å². The minimum absolute atomic E-state index is 0.115. The molecule has 104 valence electrons. The third-order valence-corrected chi connectivity index (χ3v) is 2.97. The second-order valence-electron chi connectivity index (χ2n) is 4.56. The number of ether oxygens (including phenoxy) is 1. The van der Waals surface area contributed by atoms with Gasteiger partial charge >= 0.3 is 5.97 Å². The monoisotopic (exact) mass is 263 g/mol. The van der Waals surface area contributed by atoms with E-state index in [9.17, 15) is 9.59 Å². The highest BCUT2D eigenvalue weighted by Gasteiger charge is 2.20. The molecule has 0 spiro atoms. The minimum Gasteiger partial charge on any atom is -0.425 e. The molecular formula is C15H21NO3. The summed E-state index contributed by atoms with van der Waals surface area (Å²) in [5.41, 5.74) is 5.49. The zero-order valence-electron chi connectivity index (χ0n) is 11.5. The Hall–Kier alpha value is -1.84. The maximum atomic E-state index is 12.1. The molecule has 0 radical (unpaired) electrons. The normalized spacial score (nSPS) is 10.5. The van der Waals surface area contributed by atoms with Crippen LogP contribution in [-0.4, -0.2) is 11.9 Å². The summed E-state index contributed by atoms with van der Waals surface area (Å²) in [5, 5.41) is 0. The lowest BCUT2D eigenvalue weighted by molar-refractivity contribution is -0.139. The Balaban J connectivity index is 2.83. The number of primary amides is 1. The van der Waals surface area contributed by atoms with Gasteiger partial charge in [-0.2, -0.15) is 0 Å². The van der Waals surface area contributed by atoms with Crippen LogP contribution in [0.3, 0.4) is 0 Å². The number of esters is 1. The molecule has 4 heteroatoms. The molecule has 0 unspecified atom stereocenters. The minimum atomic E-state index is -0.592. The molecule has 0 atom stereocenters. The topological polar surface area (TPSA) is 69.4 Å². The number of amides is 1. The van der Waals surface area contributed by atoms with Crippen molar-refractivity contribution in [2.24, 2.45) is 11.7 Å². The van der Waals surface area contributed by atoms with E-state index in [4.69, 9.17) is 10.5 Å². The molecule has 0 aliphatic rings. The van der Waals surface area contributed by atoms with Crippen LogP contribution in [0.15, 0.2) is 24.3 Å². The molecule has 1 amide bonds. The van der Waals surface area contributed by atoms with Gasteiger partial charge in [0, 0.05) is 0 Å². The lowest BCUT2D eigenvalue weighted by Crippen LogP contribution is -2.22. The van der Waals surface area contributed by atoms with Crippen LogP contribution in [0.2, 0.25) is 0 Å². The van der Waals surface area contributed by atoms with E-state index in [0.29, 0.717) is 0 Å². The van der Waals surface area contributed by atoms with Crippen LogP contribution < -0.4 is 10.5 Å². The predicted octanol–water partition coefficient (Wildman–Crippen LogP) is 2.91. The van der Waals surface area contributed by atoms with Crippen molar-refractivity contribution in [2.75, 3.05) is 0 Å². The van der Waals surface area contributed by atoms with Gasteiger partial charge in [-0.15, -0.1) is 0 Å². The summed E-state index contributed by atoms with van der Waals surface area (Å²) in [6.45, 7) is 4.07. The Kier molecular flexibility index (Phi) is 6.06. The maximum Gasteiger partial charge on any atom is 0.314 e. The summed E-state index contributed by atoms with van der Waals surface area (Å²) >= 11 is 0. The third kappa shape index (κ3) is 4.39. The number of rotatable bonds is 7. The summed E-state index contributed by atoms with van der Waals surface area (Å²) in [6, 6.07) is 6.54. The zero-order chi connectivity index (χ0) is 14.3. The van der Waals surface area contributed by atoms with Crippen LogP contribution in [0.1, 0.15) is 49.9 Å². The molecule has 1 aromatic carbocycles. The van der Waals surface area contributed by atoms with Crippen LogP contribution in [-0.2, 0) is 4.79 Å². The SMILES string of the molecule is CCCC(CCC)C(=O)Oc1ccccc1C(N)=O. The number of nitrogens with two attached hydrogens (primary N) is 1. The molecule has 0 aliphatic carbocycles. The zero-order valence-corrected chi connectivity index (χ0v) is 11.5. The fourth-order valence-corrected chi connectivity index (χ4v) is 2.03. The number of hydrogen-bond donors (Lipinski definition) is 1. The molecule has 0 saturated heterocycles. The Labute approximate surface area is 113 Å². The van der Waals surface area contributed by atoms with E-state index >= 15 is 0 Å². The molecule has 0 bridgehead atoms. The summed E-state index contributed by atoms with van der Waals surface area (Å²) in [4.78, 5) is 23.3. The quantitative estimate of drug-likeness (QED) is 0.607. The Morgan fingerprint density at radius 1 is 1.16 bits per heavy atom. The van der Waals surface area contributed by atoms with Gasteiger partial charge < -0.3 is 10.5 Å². The van der Waals surface area contributed by atoms with Crippen molar-refractivity contribution in [3.8, 4) is 5.75 Å². The lowest BCUT2D eigenvalue weighted by Gasteiger charge is -2.15. The van der Waals surface area contributed by atoms with E-state index < -0.39 is 5.91 Å². The standard InChI is InChI=1S/C15H21NO3/c1-3-7-11(8-4-2)15(18)19-13-10-6-5-9-12(13)14(16)17/h5-6,9-11H,3-4,7-8H2,1-2H3,(H2,16,17). The summed E-state index contributed by atoms with van der Waals surface area (Å²) in [7, 11) is 0. The largest absolute Gasteiger partial charge is 0.425 e. The van der Waals surface area contributed by atoms with Crippen molar-refractivity contribution >= 4 is 11.9 Å². The first-order valence-corrected chi connectivity index (χ1v) is 6.70. The first-order valence-electron chi connectivity index (χ1n) is 6.70.